The van der Waals surface area contributed by atoms with Gasteiger partial charge in [0, 0.05) is 25.5 Å². The summed E-state index contributed by atoms with van der Waals surface area (Å²) in [7, 11) is -0.476. The van der Waals surface area contributed by atoms with Gasteiger partial charge in [0.25, 0.3) is 0 Å². The third-order valence-electron chi connectivity index (χ3n) is 4.26. The molecule has 0 fully saturated rings. The largest absolute Gasteiger partial charge is 0.332 e. The van der Waals surface area contributed by atoms with E-state index in [1.54, 1.807) is 12.1 Å². The molecule has 0 saturated heterocycles. The Kier molecular flexibility index (Phi) is 6.39. The fourth-order valence-corrected chi connectivity index (χ4v) is 3.71. The van der Waals surface area contributed by atoms with E-state index >= 15 is 0 Å². The maximum absolute atomic E-state index is 12.4. The van der Waals surface area contributed by atoms with Gasteiger partial charge in [-0.25, -0.2) is 12.7 Å². The van der Waals surface area contributed by atoms with Crippen molar-refractivity contribution in [1.82, 2.24) is 4.31 Å². The average Bonchev–Trinajstić information content (AvgIpc) is 2.58. The number of rotatable bonds is 5. The molecule has 5 nitrogen and oxygen atoms in total. The summed E-state index contributed by atoms with van der Waals surface area (Å²) in [5.41, 5.74) is 4.62. The van der Waals surface area contributed by atoms with E-state index < -0.39 is 10.0 Å². The SMILES string of the molecule is CCc1cccc(NC(=S)Nc2cc(S(=O)(=O)N(C)C)cc(C)c2C)c1. The molecule has 0 aliphatic carbocycles. The van der Waals surface area contributed by atoms with Gasteiger partial charge in [0.1, 0.15) is 0 Å². The van der Waals surface area contributed by atoms with Gasteiger partial charge in [-0.05, 0) is 73.4 Å². The number of hydrogen-bond donors (Lipinski definition) is 2. The van der Waals surface area contributed by atoms with Gasteiger partial charge in [0.2, 0.25) is 10.0 Å². The zero-order valence-corrected chi connectivity index (χ0v) is 17.4. The minimum Gasteiger partial charge on any atom is -0.332 e. The number of benzene rings is 2. The van der Waals surface area contributed by atoms with Crippen LogP contribution in [-0.4, -0.2) is 31.9 Å². The molecule has 26 heavy (non-hydrogen) atoms. The molecule has 0 aliphatic rings. The van der Waals surface area contributed by atoms with Crippen LogP contribution in [0.3, 0.4) is 0 Å². The first-order chi connectivity index (χ1) is 12.1. The predicted molar refractivity (Wildman–Crippen MR) is 112 cm³/mol. The maximum atomic E-state index is 12.4. The van der Waals surface area contributed by atoms with Crippen molar-refractivity contribution in [3.8, 4) is 0 Å². The Hall–Kier alpha value is -1.96. The topological polar surface area (TPSA) is 61.4 Å². The molecule has 0 saturated carbocycles. The fourth-order valence-electron chi connectivity index (χ4n) is 2.47. The zero-order chi connectivity index (χ0) is 19.5. The van der Waals surface area contributed by atoms with Crippen LogP contribution in [0.5, 0.6) is 0 Å². The molecule has 0 aromatic heterocycles. The first-order valence-electron chi connectivity index (χ1n) is 8.36. The Morgan fingerprint density at radius 1 is 1.12 bits per heavy atom. The fraction of sp³-hybridized carbons (Fsp3) is 0.316. The highest BCUT2D eigenvalue weighted by Gasteiger charge is 2.19. The highest BCUT2D eigenvalue weighted by molar-refractivity contribution is 7.89. The number of aryl methyl sites for hydroxylation is 2. The van der Waals surface area contributed by atoms with Gasteiger partial charge in [-0.1, -0.05) is 19.1 Å². The Morgan fingerprint density at radius 3 is 2.42 bits per heavy atom. The van der Waals surface area contributed by atoms with Gasteiger partial charge < -0.3 is 10.6 Å². The van der Waals surface area contributed by atoms with Gasteiger partial charge in [0.05, 0.1) is 4.90 Å². The average molecular weight is 392 g/mol. The van der Waals surface area contributed by atoms with E-state index in [4.69, 9.17) is 12.2 Å². The van der Waals surface area contributed by atoms with E-state index in [1.165, 1.54) is 24.0 Å². The van der Waals surface area contributed by atoms with Gasteiger partial charge >= 0.3 is 0 Å². The molecule has 0 aliphatic heterocycles. The van der Waals surface area contributed by atoms with Gasteiger partial charge in [0.15, 0.2) is 5.11 Å². The number of hydrogen-bond acceptors (Lipinski definition) is 3. The first kappa shape index (κ1) is 20.4. The van der Waals surface area contributed by atoms with E-state index in [0.29, 0.717) is 10.8 Å². The van der Waals surface area contributed by atoms with Crippen molar-refractivity contribution in [2.75, 3.05) is 24.7 Å². The second kappa shape index (κ2) is 8.16. The lowest BCUT2D eigenvalue weighted by Gasteiger charge is -2.18. The standard InChI is InChI=1S/C19H25N3O2S2/c1-6-15-8-7-9-16(11-15)20-19(25)21-18-12-17(10-13(2)14(18)3)26(23,24)22(4)5/h7-12H,6H2,1-5H3,(H2,20,21,25). The van der Waals surface area contributed by atoms with Crippen molar-refractivity contribution in [2.45, 2.75) is 32.1 Å². The van der Waals surface area contributed by atoms with Gasteiger partial charge in [-0.15, -0.1) is 0 Å². The van der Waals surface area contributed by atoms with Crippen molar-refractivity contribution in [1.29, 1.82) is 0 Å². The zero-order valence-electron chi connectivity index (χ0n) is 15.8. The molecule has 0 bridgehead atoms. The second-order valence-electron chi connectivity index (χ2n) is 6.33. The van der Waals surface area contributed by atoms with E-state index in [-0.39, 0.29) is 4.90 Å². The number of nitrogens with zero attached hydrogens (tertiary/aromatic N) is 1. The molecular weight excluding hydrogens is 366 g/mol. The summed E-state index contributed by atoms with van der Waals surface area (Å²) < 4.78 is 26.1. The van der Waals surface area contributed by atoms with Crippen LogP contribution in [0.25, 0.3) is 0 Å². The normalized spacial score (nSPS) is 11.5. The Labute approximate surface area is 161 Å². The van der Waals surface area contributed by atoms with Crippen molar-refractivity contribution >= 4 is 38.7 Å². The first-order valence-corrected chi connectivity index (χ1v) is 10.2. The smallest absolute Gasteiger partial charge is 0.242 e. The highest BCUT2D eigenvalue weighted by Crippen LogP contribution is 2.25. The molecule has 0 unspecified atom stereocenters. The number of nitrogens with one attached hydrogen (secondary N) is 2. The summed E-state index contributed by atoms with van der Waals surface area (Å²) in [4.78, 5) is 0.240. The molecule has 2 aromatic rings. The molecule has 140 valence electrons. The molecular formula is C19H25N3O2S2. The summed E-state index contributed by atoms with van der Waals surface area (Å²) in [6.45, 7) is 5.92. The number of thiocarbonyl (C=S) groups is 1. The van der Waals surface area contributed by atoms with E-state index in [9.17, 15) is 8.42 Å². The van der Waals surface area contributed by atoms with Gasteiger partial charge in [-0.3, -0.25) is 0 Å². The third kappa shape index (κ3) is 4.60. The van der Waals surface area contributed by atoms with Crippen LogP contribution < -0.4 is 10.6 Å². The molecule has 0 atom stereocenters. The van der Waals surface area contributed by atoms with Crippen molar-refractivity contribution in [2.24, 2.45) is 0 Å². The van der Waals surface area contributed by atoms with Crippen LogP contribution in [0.4, 0.5) is 11.4 Å². The van der Waals surface area contributed by atoms with Crippen LogP contribution in [0.2, 0.25) is 0 Å². The van der Waals surface area contributed by atoms with E-state index in [2.05, 4.69) is 23.6 Å². The van der Waals surface area contributed by atoms with Crippen LogP contribution in [0, 0.1) is 13.8 Å². The lowest BCUT2D eigenvalue weighted by atomic mass is 10.1. The minimum absolute atomic E-state index is 0.240. The van der Waals surface area contributed by atoms with E-state index in [0.717, 1.165) is 23.2 Å². The summed E-state index contributed by atoms with van der Waals surface area (Å²) in [5, 5.41) is 6.70. The quantitative estimate of drug-likeness (QED) is 0.757. The number of anilines is 2. The van der Waals surface area contributed by atoms with Crippen LogP contribution in [0.15, 0.2) is 41.3 Å². The van der Waals surface area contributed by atoms with Crippen LogP contribution >= 0.6 is 12.2 Å². The minimum atomic E-state index is -3.51. The number of sulfonamides is 1. The van der Waals surface area contributed by atoms with E-state index in [1.807, 2.05) is 32.0 Å². The lowest BCUT2D eigenvalue weighted by molar-refractivity contribution is 0.520. The molecule has 2 N–H and O–H groups in total. The molecule has 0 spiro atoms. The molecule has 0 heterocycles. The summed E-state index contributed by atoms with van der Waals surface area (Å²) in [6.07, 6.45) is 0.943. The second-order valence-corrected chi connectivity index (χ2v) is 8.89. The Bertz CT molecular complexity index is 922. The molecule has 0 radical (unpaired) electrons. The lowest BCUT2D eigenvalue weighted by Crippen LogP contribution is -2.23. The Balaban J connectivity index is 2.28. The molecule has 7 heteroatoms. The van der Waals surface area contributed by atoms with Crippen LogP contribution in [0.1, 0.15) is 23.6 Å². The molecule has 2 rings (SSSR count). The van der Waals surface area contributed by atoms with Crippen molar-refractivity contribution < 1.29 is 8.42 Å². The summed E-state index contributed by atoms with van der Waals surface area (Å²) in [5.74, 6) is 0. The van der Waals surface area contributed by atoms with Gasteiger partial charge in [-0.2, -0.15) is 0 Å². The summed E-state index contributed by atoms with van der Waals surface area (Å²) >= 11 is 5.41. The molecule has 2 aromatic carbocycles. The predicted octanol–water partition coefficient (Wildman–Crippen LogP) is 3.93. The van der Waals surface area contributed by atoms with Crippen molar-refractivity contribution in [3.63, 3.8) is 0 Å². The Morgan fingerprint density at radius 2 is 1.81 bits per heavy atom. The highest BCUT2D eigenvalue weighted by atomic mass is 32.2. The van der Waals surface area contributed by atoms with Crippen molar-refractivity contribution in [3.05, 3.63) is 53.1 Å². The molecule has 0 amide bonds. The summed E-state index contributed by atoms with van der Waals surface area (Å²) in [6, 6.07) is 11.3. The maximum Gasteiger partial charge on any atom is 0.242 e. The van der Waals surface area contributed by atoms with Crippen LogP contribution in [-0.2, 0) is 16.4 Å². The third-order valence-corrected chi connectivity index (χ3v) is 6.26. The monoisotopic (exact) mass is 391 g/mol.